The number of aromatic nitrogens is 5. The number of anilines is 3. The van der Waals surface area contributed by atoms with Crippen LogP contribution in [0.1, 0.15) is 5.69 Å². The second kappa shape index (κ2) is 11.0. The quantitative estimate of drug-likeness (QED) is 0.170. The molecule has 0 spiro atoms. The van der Waals surface area contributed by atoms with Crippen LogP contribution < -0.4 is 20.3 Å². The molecule has 0 aliphatic carbocycles. The predicted molar refractivity (Wildman–Crippen MR) is 133 cm³/mol. The van der Waals surface area contributed by atoms with Crippen molar-refractivity contribution < 1.29 is 19.7 Å². The van der Waals surface area contributed by atoms with Gasteiger partial charge in [-0.1, -0.05) is 5.10 Å². The van der Waals surface area contributed by atoms with Gasteiger partial charge in [0, 0.05) is 43.8 Å². The average Bonchev–Trinajstić information content (AvgIpc) is 2.97. The molecule has 0 bridgehead atoms. The van der Waals surface area contributed by atoms with E-state index in [1.54, 1.807) is 41.7 Å². The van der Waals surface area contributed by atoms with Gasteiger partial charge in [-0.3, -0.25) is 4.98 Å². The number of halogens is 1. The second-order valence-corrected chi connectivity index (χ2v) is 8.14. The van der Waals surface area contributed by atoms with Gasteiger partial charge in [0.2, 0.25) is 0 Å². The number of morpholine rings is 1. The smallest absolute Gasteiger partial charge is 0.354 e. The van der Waals surface area contributed by atoms with Crippen molar-refractivity contribution in [3.8, 4) is 11.4 Å². The van der Waals surface area contributed by atoms with Crippen LogP contribution in [0.5, 0.6) is 0 Å². The molecule has 0 unspecified atom stereocenters. The third kappa shape index (κ3) is 5.66. The van der Waals surface area contributed by atoms with Crippen molar-refractivity contribution in [3.63, 3.8) is 0 Å². The molecule has 4 aromatic rings. The molecule has 12 heteroatoms. The van der Waals surface area contributed by atoms with Crippen molar-refractivity contribution in [2.24, 2.45) is 5.10 Å². The molecule has 1 aromatic carbocycles. The highest BCUT2D eigenvalue weighted by molar-refractivity contribution is 5.88. The van der Waals surface area contributed by atoms with E-state index in [4.69, 9.17) is 4.74 Å². The fourth-order valence-corrected chi connectivity index (χ4v) is 3.76. The molecule has 37 heavy (non-hydrogen) atoms. The summed E-state index contributed by atoms with van der Waals surface area (Å²) >= 11 is 0. The van der Waals surface area contributed by atoms with Crippen LogP contribution in [0.4, 0.5) is 27.5 Å². The highest BCUT2D eigenvalue weighted by atomic mass is 19.1. The highest BCUT2D eigenvalue weighted by Crippen LogP contribution is 2.25. The Morgan fingerprint density at radius 3 is 2.43 bits per heavy atom. The maximum atomic E-state index is 14.2. The molecule has 0 atom stereocenters. The molecule has 1 aliphatic rings. The van der Waals surface area contributed by atoms with Crippen LogP contribution in [0.3, 0.4) is 0 Å². The summed E-state index contributed by atoms with van der Waals surface area (Å²) in [5.41, 5.74) is 4.02. The van der Waals surface area contributed by atoms with Crippen LogP contribution in [0.25, 0.3) is 11.4 Å². The van der Waals surface area contributed by atoms with E-state index < -0.39 is 11.7 Å². The van der Waals surface area contributed by atoms with Gasteiger partial charge in [-0.25, -0.2) is 14.4 Å². The first kappa shape index (κ1) is 24.2. The number of rotatable bonds is 7. The largest absolute Gasteiger partial charge is 0.853 e. The minimum Gasteiger partial charge on any atom is -0.853 e. The molecule has 5 rings (SSSR count). The topological polar surface area (TPSA) is 132 Å². The number of hydrogen-bond donors (Lipinski definition) is 1. The average molecular weight is 502 g/mol. The molecule has 1 fully saturated rings. The Morgan fingerprint density at radius 1 is 1.00 bits per heavy atom. The van der Waals surface area contributed by atoms with Crippen molar-refractivity contribution >= 4 is 29.0 Å². The molecule has 0 radical (unpaired) electrons. The van der Waals surface area contributed by atoms with E-state index in [1.807, 2.05) is 36.2 Å². The fourth-order valence-electron chi connectivity index (χ4n) is 3.76. The third-order valence-electron chi connectivity index (χ3n) is 5.78. The highest BCUT2D eigenvalue weighted by Gasteiger charge is 2.19. The van der Waals surface area contributed by atoms with E-state index in [2.05, 4.69) is 30.0 Å². The molecule has 3 aromatic heterocycles. The van der Waals surface area contributed by atoms with E-state index in [9.17, 15) is 9.50 Å². The molecule has 1 saturated heterocycles. The summed E-state index contributed by atoms with van der Waals surface area (Å²) in [6.45, 7) is 2.05. The van der Waals surface area contributed by atoms with Gasteiger partial charge in [0.1, 0.15) is 0 Å². The lowest BCUT2D eigenvalue weighted by Gasteiger charge is -2.27. The van der Waals surface area contributed by atoms with Crippen LogP contribution in [0.15, 0.2) is 72.4 Å². The number of nitrogens with zero attached hydrogens (tertiary/aromatic N) is 8. The lowest BCUT2D eigenvalue weighted by atomic mass is 10.1. The number of ether oxygens (including phenoxy) is 1. The van der Waals surface area contributed by atoms with Gasteiger partial charge in [0.25, 0.3) is 0 Å². The van der Waals surface area contributed by atoms with E-state index in [0.29, 0.717) is 32.1 Å². The van der Waals surface area contributed by atoms with E-state index in [-0.39, 0.29) is 17.5 Å². The van der Waals surface area contributed by atoms with Crippen molar-refractivity contribution in [1.29, 1.82) is 0 Å². The Bertz CT molecular complexity index is 1360. The minimum atomic E-state index is -0.553. The van der Waals surface area contributed by atoms with E-state index >= 15 is 0 Å². The monoisotopic (exact) mass is 501 g/mol. The van der Waals surface area contributed by atoms with Crippen LogP contribution in [-0.4, -0.2) is 64.2 Å². The zero-order chi connectivity index (χ0) is 25.6. The molecular formula is C25H24FN9O2. The number of nitrogens with two attached hydrogens (primary N) is 1. The van der Waals surface area contributed by atoms with Gasteiger partial charge in [-0.05, 0) is 42.5 Å². The Labute approximate surface area is 212 Å². The first-order valence-electron chi connectivity index (χ1n) is 11.6. The van der Waals surface area contributed by atoms with Crippen molar-refractivity contribution in [1.82, 2.24) is 24.9 Å². The molecule has 4 heterocycles. The molecule has 1 aliphatic heterocycles. The van der Waals surface area contributed by atoms with Gasteiger partial charge in [0.15, 0.2) is 17.5 Å². The van der Waals surface area contributed by atoms with Crippen molar-refractivity contribution in [2.75, 3.05) is 43.2 Å². The normalized spacial score (nSPS) is 14.0. The van der Waals surface area contributed by atoms with Gasteiger partial charge < -0.3 is 19.6 Å². The van der Waals surface area contributed by atoms with E-state index in [0.717, 1.165) is 23.1 Å². The molecule has 11 nitrogen and oxygen atoms in total. The lowest BCUT2D eigenvalue weighted by molar-refractivity contribution is -0.588. The first-order chi connectivity index (χ1) is 18.1. The lowest BCUT2D eigenvalue weighted by Crippen LogP contribution is -2.73. The fraction of sp³-hybridized carbons (Fsp3) is 0.200. The summed E-state index contributed by atoms with van der Waals surface area (Å²) in [5, 5.41) is 16.5. The summed E-state index contributed by atoms with van der Waals surface area (Å²) in [6.07, 6.45) is 6.08. The molecule has 0 amide bonds. The zero-order valence-corrected chi connectivity index (χ0v) is 20.0. The Hall–Kier alpha value is -4.55. The Morgan fingerprint density at radius 2 is 1.73 bits per heavy atom. The van der Waals surface area contributed by atoms with Gasteiger partial charge >= 0.3 is 5.95 Å². The summed E-state index contributed by atoms with van der Waals surface area (Å²) in [7, 11) is 1.91. The Balaban J connectivity index is 1.25. The van der Waals surface area contributed by atoms with Crippen molar-refractivity contribution in [2.45, 2.75) is 0 Å². The number of pyridine rings is 1. The van der Waals surface area contributed by atoms with Crippen molar-refractivity contribution in [3.05, 3.63) is 78.8 Å². The van der Waals surface area contributed by atoms with E-state index in [1.165, 1.54) is 5.43 Å². The SMILES string of the molecule is CN(c1ccc(-c2ncccn2)cc1)c1ccc(C([O-])=N[NH2+]c2ncc(F)c(N3CCOCC3)n2)nc1. The number of quaternary nitrogens is 1. The standard InChI is InChI=1S/C25H24FN9O2/c1-34(18-5-3-17(4-6-18)22-27-9-2-10-28-22)19-7-8-21(29-15-19)24(36)32-33-25-30-16-20(26)23(31-25)35-11-13-37-14-12-35/h2-10,15-16H,11-14H2,1H3,(H,32,36)(H,30,31,33). The maximum absolute atomic E-state index is 14.2. The van der Waals surface area contributed by atoms with Crippen LogP contribution >= 0.6 is 0 Å². The van der Waals surface area contributed by atoms with Gasteiger partial charge in [-0.2, -0.15) is 15.4 Å². The Kier molecular flexibility index (Phi) is 7.19. The van der Waals surface area contributed by atoms with Gasteiger partial charge in [0.05, 0.1) is 42.9 Å². The van der Waals surface area contributed by atoms with Crippen LogP contribution in [0, 0.1) is 5.82 Å². The zero-order valence-electron chi connectivity index (χ0n) is 20.0. The predicted octanol–water partition coefficient (Wildman–Crippen LogP) is 0.989. The number of hydrogen-bond acceptors (Lipinski definition) is 10. The molecule has 188 valence electrons. The third-order valence-corrected chi connectivity index (χ3v) is 5.78. The molecular weight excluding hydrogens is 477 g/mol. The summed E-state index contributed by atoms with van der Waals surface area (Å²) < 4.78 is 19.5. The van der Waals surface area contributed by atoms with Crippen LogP contribution in [-0.2, 0) is 4.74 Å². The first-order valence-corrected chi connectivity index (χ1v) is 11.6. The van der Waals surface area contributed by atoms with Gasteiger partial charge in [-0.15, -0.1) is 0 Å². The van der Waals surface area contributed by atoms with Crippen LogP contribution in [0.2, 0.25) is 0 Å². The summed E-state index contributed by atoms with van der Waals surface area (Å²) in [4.78, 5) is 24.6. The maximum Gasteiger partial charge on any atom is 0.354 e. The minimum absolute atomic E-state index is 0.136. The summed E-state index contributed by atoms with van der Waals surface area (Å²) in [5.74, 6) is -0.124. The number of benzene rings is 1. The molecule has 2 N–H and O–H groups in total. The second-order valence-electron chi connectivity index (χ2n) is 8.14. The summed E-state index contributed by atoms with van der Waals surface area (Å²) in [6, 6.07) is 13.0. The molecule has 0 saturated carbocycles.